The third-order valence-electron chi connectivity index (χ3n) is 2.84. The van der Waals surface area contributed by atoms with Crippen LogP contribution >= 0.6 is 0 Å². The van der Waals surface area contributed by atoms with Gasteiger partial charge >= 0.3 is 5.97 Å². The molecule has 19 heavy (non-hydrogen) atoms. The number of aromatic carboxylic acids is 1. The topological polar surface area (TPSA) is 55.1 Å². The zero-order valence-electron chi connectivity index (χ0n) is 10.4. The molecule has 100 valence electrons. The van der Waals surface area contributed by atoms with Gasteiger partial charge in [-0.1, -0.05) is 12.1 Å². The van der Waals surface area contributed by atoms with Crippen LogP contribution in [-0.2, 0) is 0 Å². The van der Waals surface area contributed by atoms with Gasteiger partial charge in [-0.2, -0.15) is 5.10 Å². The summed E-state index contributed by atoms with van der Waals surface area (Å²) in [6.07, 6.45) is -1.96. The van der Waals surface area contributed by atoms with E-state index in [0.29, 0.717) is 5.69 Å². The molecule has 0 saturated carbocycles. The van der Waals surface area contributed by atoms with Gasteiger partial charge in [-0.25, -0.2) is 18.3 Å². The lowest BCUT2D eigenvalue weighted by atomic mass is 10.1. The SMILES string of the molecule is Cc1ccc(C)c(-n2ncc(C(=O)O)c2C(F)F)c1. The van der Waals surface area contributed by atoms with Gasteiger partial charge in [0.1, 0.15) is 11.3 Å². The Morgan fingerprint density at radius 1 is 1.37 bits per heavy atom. The van der Waals surface area contributed by atoms with Crippen molar-refractivity contribution >= 4 is 5.97 Å². The van der Waals surface area contributed by atoms with Crippen molar-refractivity contribution in [1.82, 2.24) is 9.78 Å². The summed E-state index contributed by atoms with van der Waals surface area (Å²) in [6, 6.07) is 5.32. The molecule has 0 aliphatic carbocycles. The van der Waals surface area contributed by atoms with Gasteiger partial charge in [-0.15, -0.1) is 0 Å². The van der Waals surface area contributed by atoms with Crippen molar-refractivity contribution in [2.45, 2.75) is 20.3 Å². The Hall–Kier alpha value is -2.24. The number of hydrogen-bond donors (Lipinski definition) is 1. The van der Waals surface area contributed by atoms with E-state index in [1.54, 1.807) is 19.1 Å². The van der Waals surface area contributed by atoms with Crippen LogP contribution in [0.15, 0.2) is 24.4 Å². The van der Waals surface area contributed by atoms with E-state index < -0.39 is 23.7 Å². The molecule has 4 nitrogen and oxygen atoms in total. The van der Waals surface area contributed by atoms with Gasteiger partial charge in [0, 0.05) is 0 Å². The van der Waals surface area contributed by atoms with Crippen LogP contribution in [0.3, 0.4) is 0 Å². The summed E-state index contributed by atoms with van der Waals surface area (Å²) in [5.41, 5.74) is 1.01. The maximum atomic E-state index is 13.1. The van der Waals surface area contributed by atoms with Crippen LogP contribution < -0.4 is 0 Å². The van der Waals surface area contributed by atoms with Crippen LogP contribution in [0.5, 0.6) is 0 Å². The molecule has 0 atom stereocenters. The number of halogens is 2. The minimum atomic E-state index is -2.91. The molecule has 1 heterocycles. The molecular formula is C13H12F2N2O2. The molecule has 0 aliphatic rings. The highest BCUT2D eigenvalue weighted by molar-refractivity contribution is 5.89. The van der Waals surface area contributed by atoms with Gasteiger partial charge in [0.2, 0.25) is 0 Å². The zero-order valence-corrected chi connectivity index (χ0v) is 10.4. The maximum Gasteiger partial charge on any atom is 0.339 e. The second-order valence-electron chi connectivity index (χ2n) is 4.25. The largest absolute Gasteiger partial charge is 0.478 e. The van der Waals surface area contributed by atoms with Crippen molar-refractivity contribution in [2.24, 2.45) is 0 Å². The van der Waals surface area contributed by atoms with Gasteiger partial charge in [0.15, 0.2) is 0 Å². The molecule has 0 fully saturated rings. The van der Waals surface area contributed by atoms with E-state index in [0.717, 1.165) is 22.0 Å². The highest BCUT2D eigenvalue weighted by Crippen LogP contribution is 2.27. The zero-order chi connectivity index (χ0) is 14.2. The average molecular weight is 266 g/mol. The third kappa shape index (κ3) is 2.33. The van der Waals surface area contributed by atoms with E-state index in [1.807, 2.05) is 13.0 Å². The highest BCUT2D eigenvalue weighted by Gasteiger charge is 2.25. The van der Waals surface area contributed by atoms with Crippen molar-refractivity contribution in [3.05, 3.63) is 46.8 Å². The quantitative estimate of drug-likeness (QED) is 0.928. The number of carboxylic acid groups (broad SMARTS) is 1. The van der Waals surface area contributed by atoms with Gasteiger partial charge < -0.3 is 5.11 Å². The fourth-order valence-corrected chi connectivity index (χ4v) is 1.87. The van der Waals surface area contributed by atoms with Gasteiger partial charge in [0.25, 0.3) is 6.43 Å². The molecule has 0 spiro atoms. The molecular weight excluding hydrogens is 254 g/mol. The van der Waals surface area contributed by atoms with E-state index in [9.17, 15) is 13.6 Å². The van der Waals surface area contributed by atoms with Crippen molar-refractivity contribution < 1.29 is 18.7 Å². The lowest BCUT2D eigenvalue weighted by molar-refractivity contribution is 0.0683. The van der Waals surface area contributed by atoms with Crippen LogP contribution in [0, 0.1) is 13.8 Å². The molecule has 6 heteroatoms. The Kier molecular flexibility index (Phi) is 3.33. The number of benzene rings is 1. The Balaban J connectivity index is 2.69. The molecule has 0 radical (unpaired) electrons. The van der Waals surface area contributed by atoms with Crippen molar-refractivity contribution in [2.75, 3.05) is 0 Å². The number of aromatic nitrogens is 2. The first-order chi connectivity index (χ1) is 8.91. The summed E-state index contributed by atoms with van der Waals surface area (Å²) in [7, 11) is 0. The smallest absolute Gasteiger partial charge is 0.339 e. The molecule has 0 saturated heterocycles. The molecule has 1 aromatic carbocycles. The number of carbonyl (C=O) groups is 1. The number of nitrogens with zero attached hydrogens (tertiary/aromatic N) is 2. The minimum Gasteiger partial charge on any atom is -0.478 e. The number of aryl methyl sites for hydroxylation is 2. The number of rotatable bonds is 3. The van der Waals surface area contributed by atoms with Gasteiger partial charge in [-0.3, -0.25) is 0 Å². The summed E-state index contributed by atoms with van der Waals surface area (Å²) >= 11 is 0. The first-order valence-electron chi connectivity index (χ1n) is 5.58. The molecule has 1 N–H and O–H groups in total. The summed E-state index contributed by atoms with van der Waals surface area (Å²) in [6.45, 7) is 3.58. The molecule has 2 aromatic rings. The second kappa shape index (κ2) is 4.79. The summed E-state index contributed by atoms with van der Waals surface area (Å²) < 4.78 is 27.1. The molecule has 2 rings (SSSR count). The van der Waals surface area contributed by atoms with Gasteiger partial charge in [0.05, 0.1) is 11.9 Å². The van der Waals surface area contributed by atoms with Crippen LogP contribution in [0.1, 0.15) is 33.6 Å². The summed E-state index contributed by atoms with van der Waals surface area (Å²) in [5, 5.41) is 12.7. The van der Waals surface area contributed by atoms with E-state index >= 15 is 0 Å². The first-order valence-corrected chi connectivity index (χ1v) is 5.58. The van der Waals surface area contributed by atoms with E-state index in [-0.39, 0.29) is 0 Å². The summed E-state index contributed by atoms with van der Waals surface area (Å²) in [5.74, 6) is -1.41. The Morgan fingerprint density at radius 3 is 2.63 bits per heavy atom. The molecule has 0 bridgehead atoms. The maximum absolute atomic E-state index is 13.1. The molecule has 1 aromatic heterocycles. The molecule has 0 aliphatic heterocycles. The molecule has 0 unspecified atom stereocenters. The first kappa shape index (κ1) is 13.2. The van der Waals surface area contributed by atoms with Crippen LogP contribution in [-0.4, -0.2) is 20.9 Å². The van der Waals surface area contributed by atoms with Crippen LogP contribution in [0.25, 0.3) is 5.69 Å². The fourth-order valence-electron chi connectivity index (χ4n) is 1.87. The third-order valence-corrected chi connectivity index (χ3v) is 2.84. The van der Waals surface area contributed by atoms with Crippen molar-refractivity contribution in [3.8, 4) is 5.69 Å². The lowest BCUT2D eigenvalue weighted by Gasteiger charge is -2.11. The number of hydrogen-bond acceptors (Lipinski definition) is 2. The fraction of sp³-hybridized carbons (Fsp3) is 0.231. The lowest BCUT2D eigenvalue weighted by Crippen LogP contribution is -2.08. The van der Waals surface area contributed by atoms with E-state index in [4.69, 9.17) is 5.11 Å². The number of carboxylic acids is 1. The highest BCUT2D eigenvalue weighted by atomic mass is 19.3. The molecule has 0 amide bonds. The minimum absolute atomic E-state index is 0.461. The number of alkyl halides is 2. The van der Waals surface area contributed by atoms with Gasteiger partial charge in [-0.05, 0) is 31.0 Å². The summed E-state index contributed by atoms with van der Waals surface area (Å²) in [4.78, 5) is 10.9. The van der Waals surface area contributed by atoms with E-state index in [1.165, 1.54) is 0 Å². The average Bonchev–Trinajstić information content (AvgIpc) is 2.76. The Bertz CT molecular complexity index is 636. The second-order valence-corrected chi connectivity index (χ2v) is 4.25. The van der Waals surface area contributed by atoms with Crippen LogP contribution in [0.2, 0.25) is 0 Å². The van der Waals surface area contributed by atoms with E-state index in [2.05, 4.69) is 5.10 Å². The Morgan fingerprint density at radius 2 is 2.05 bits per heavy atom. The standard InChI is InChI=1S/C13H12F2N2O2/c1-7-3-4-8(2)10(5-7)17-11(12(14)15)9(6-16-17)13(18)19/h3-6,12H,1-2H3,(H,18,19). The van der Waals surface area contributed by atoms with Crippen molar-refractivity contribution in [1.29, 1.82) is 0 Å². The Labute approximate surface area is 108 Å². The van der Waals surface area contributed by atoms with Crippen molar-refractivity contribution in [3.63, 3.8) is 0 Å². The predicted molar refractivity (Wildman–Crippen MR) is 65.0 cm³/mol. The monoisotopic (exact) mass is 266 g/mol. The predicted octanol–water partition coefficient (Wildman–Crippen LogP) is 3.12. The van der Waals surface area contributed by atoms with Crippen LogP contribution in [0.4, 0.5) is 8.78 Å². The normalized spacial score (nSPS) is 11.0.